The van der Waals surface area contributed by atoms with Gasteiger partial charge >= 0.3 is 0 Å². The zero-order valence-corrected chi connectivity index (χ0v) is 11.8. The van der Waals surface area contributed by atoms with Gasteiger partial charge in [-0.2, -0.15) is 0 Å². The minimum Gasteiger partial charge on any atom is -0.382 e. The second-order valence-electron chi connectivity index (χ2n) is 4.81. The lowest BCUT2D eigenvalue weighted by Gasteiger charge is -2.27. The van der Waals surface area contributed by atoms with Crippen molar-refractivity contribution in [2.24, 2.45) is 5.73 Å². The number of rotatable bonds is 7. The molecule has 0 saturated carbocycles. The van der Waals surface area contributed by atoms with Crippen LogP contribution in [0.2, 0.25) is 0 Å². The van der Waals surface area contributed by atoms with Crippen molar-refractivity contribution < 1.29 is 9.47 Å². The lowest BCUT2D eigenvalue weighted by atomic mass is 9.99. The van der Waals surface area contributed by atoms with E-state index in [0.717, 1.165) is 12.0 Å². The van der Waals surface area contributed by atoms with E-state index in [1.165, 1.54) is 5.56 Å². The Morgan fingerprint density at radius 3 is 2.33 bits per heavy atom. The topological polar surface area (TPSA) is 44.5 Å². The quantitative estimate of drug-likeness (QED) is 0.810. The normalized spacial score (nSPS) is 16.3. The van der Waals surface area contributed by atoms with E-state index in [1.807, 2.05) is 6.92 Å². The lowest BCUT2D eigenvalue weighted by Crippen LogP contribution is -2.32. The van der Waals surface area contributed by atoms with Crippen LogP contribution in [-0.4, -0.2) is 25.9 Å². The highest BCUT2D eigenvalue weighted by molar-refractivity contribution is 5.24. The Balaban J connectivity index is 2.80. The summed E-state index contributed by atoms with van der Waals surface area (Å²) < 4.78 is 11.1. The molecular formula is C15H25NO2. The Morgan fingerprint density at radius 2 is 1.83 bits per heavy atom. The molecule has 3 heteroatoms. The monoisotopic (exact) mass is 251 g/mol. The molecule has 3 atom stereocenters. The minimum absolute atomic E-state index is 0.00649. The first-order valence-electron chi connectivity index (χ1n) is 6.55. The summed E-state index contributed by atoms with van der Waals surface area (Å²) in [6.07, 6.45) is 0.859. The first-order valence-corrected chi connectivity index (χ1v) is 6.55. The van der Waals surface area contributed by atoms with Gasteiger partial charge in [-0.25, -0.2) is 0 Å². The predicted octanol–water partition coefficient (Wildman–Crippen LogP) is 2.82. The van der Waals surface area contributed by atoms with E-state index in [4.69, 9.17) is 15.2 Å². The fourth-order valence-electron chi connectivity index (χ4n) is 1.92. The summed E-state index contributed by atoms with van der Waals surface area (Å²) in [5.41, 5.74) is 8.55. The van der Waals surface area contributed by atoms with Crippen molar-refractivity contribution >= 4 is 0 Å². The molecule has 0 amide bonds. The van der Waals surface area contributed by atoms with Crippen molar-refractivity contribution in [3.63, 3.8) is 0 Å². The second kappa shape index (κ2) is 7.52. The number of benzene rings is 1. The number of ether oxygens (including phenoxy) is 2. The SMILES string of the molecule is CCC(N)C(OC(C)COC)c1ccc(C)cc1. The minimum atomic E-state index is -0.0688. The van der Waals surface area contributed by atoms with E-state index >= 15 is 0 Å². The molecule has 1 rings (SSSR count). The van der Waals surface area contributed by atoms with Gasteiger partial charge in [-0.1, -0.05) is 36.8 Å². The smallest absolute Gasteiger partial charge is 0.0980 e. The van der Waals surface area contributed by atoms with Crippen LogP contribution in [0.5, 0.6) is 0 Å². The highest BCUT2D eigenvalue weighted by atomic mass is 16.5. The molecule has 0 aromatic heterocycles. The van der Waals surface area contributed by atoms with Gasteiger partial charge in [0.15, 0.2) is 0 Å². The molecular weight excluding hydrogens is 226 g/mol. The van der Waals surface area contributed by atoms with E-state index in [1.54, 1.807) is 7.11 Å². The molecule has 0 spiro atoms. The zero-order chi connectivity index (χ0) is 13.5. The van der Waals surface area contributed by atoms with Gasteiger partial charge in [0.2, 0.25) is 0 Å². The van der Waals surface area contributed by atoms with Crippen molar-refractivity contribution in [1.82, 2.24) is 0 Å². The van der Waals surface area contributed by atoms with Crippen LogP contribution in [0.4, 0.5) is 0 Å². The molecule has 0 bridgehead atoms. The van der Waals surface area contributed by atoms with E-state index in [2.05, 4.69) is 38.1 Å². The molecule has 1 aromatic carbocycles. The summed E-state index contributed by atoms with van der Waals surface area (Å²) in [7, 11) is 1.68. The van der Waals surface area contributed by atoms with Crippen LogP contribution in [0.25, 0.3) is 0 Å². The number of aryl methyl sites for hydroxylation is 1. The van der Waals surface area contributed by atoms with Gasteiger partial charge in [0.1, 0.15) is 0 Å². The maximum absolute atomic E-state index is 6.17. The summed E-state index contributed by atoms with van der Waals surface area (Å²) in [5, 5.41) is 0. The van der Waals surface area contributed by atoms with Crippen LogP contribution in [-0.2, 0) is 9.47 Å². The van der Waals surface area contributed by atoms with Crippen molar-refractivity contribution in [3.05, 3.63) is 35.4 Å². The van der Waals surface area contributed by atoms with Crippen molar-refractivity contribution in [1.29, 1.82) is 0 Å². The summed E-state index contributed by atoms with van der Waals surface area (Å²) in [4.78, 5) is 0. The van der Waals surface area contributed by atoms with E-state index in [0.29, 0.717) is 6.61 Å². The molecule has 0 radical (unpaired) electrons. The zero-order valence-electron chi connectivity index (χ0n) is 11.8. The van der Waals surface area contributed by atoms with Gasteiger partial charge in [0.05, 0.1) is 18.8 Å². The molecule has 102 valence electrons. The highest BCUT2D eigenvalue weighted by Gasteiger charge is 2.21. The number of hydrogen-bond donors (Lipinski definition) is 1. The van der Waals surface area contributed by atoms with Crippen LogP contribution >= 0.6 is 0 Å². The molecule has 0 aliphatic rings. The van der Waals surface area contributed by atoms with Crippen LogP contribution in [0.15, 0.2) is 24.3 Å². The van der Waals surface area contributed by atoms with Crippen molar-refractivity contribution in [2.45, 2.75) is 45.4 Å². The average molecular weight is 251 g/mol. The maximum Gasteiger partial charge on any atom is 0.0980 e. The third-order valence-electron chi connectivity index (χ3n) is 3.05. The van der Waals surface area contributed by atoms with E-state index in [-0.39, 0.29) is 18.2 Å². The van der Waals surface area contributed by atoms with Crippen LogP contribution < -0.4 is 5.73 Å². The Kier molecular flexibility index (Phi) is 6.33. The average Bonchev–Trinajstić information content (AvgIpc) is 2.36. The van der Waals surface area contributed by atoms with E-state index < -0.39 is 0 Å². The molecule has 1 aromatic rings. The van der Waals surface area contributed by atoms with Crippen LogP contribution in [0.1, 0.15) is 37.5 Å². The Labute approximate surface area is 110 Å². The van der Waals surface area contributed by atoms with Gasteiger partial charge in [0, 0.05) is 13.2 Å². The summed E-state index contributed by atoms with van der Waals surface area (Å²) >= 11 is 0. The highest BCUT2D eigenvalue weighted by Crippen LogP contribution is 2.24. The molecule has 0 fully saturated rings. The third-order valence-corrected chi connectivity index (χ3v) is 3.05. The lowest BCUT2D eigenvalue weighted by molar-refractivity contribution is -0.0507. The molecule has 3 nitrogen and oxygen atoms in total. The summed E-state index contributed by atoms with van der Waals surface area (Å²) in [5.74, 6) is 0. The molecule has 2 N–H and O–H groups in total. The fourth-order valence-corrected chi connectivity index (χ4v) is 1.92. The molecule has 0 saturated heterocycles. The van der Waals surface area contributed by atoms with Gasteiger partial charge < -0.3 is 15.2 Å². The molecule has 0 heterocycles. The Hall–Kier alpha value is -0.900. The second-order valence-corrected chi connectivity index (χ2v) is 4.81. The van der Waals surface area contributed by atoms with Crippen molar-refractivity contribution in [2.75, 3.05) is 13.7 Å². The first kappa shape index (κ1) is 15.2. The predicted molar refractivity (Wildman–Crippen MR) is 74.6 cm³/mol. The van der Waals surface area contributed by atoms with E-state index in [9.17, 15) is 0 Å². The molecule has 18 heavy (non-hydrogen) atoms. The number of hydrogen-bond acceptors (Lipinski definition) is 3. The molecule has 3 unspecified atom stereocenters. The van der Waals surface area contributed by atoms with Gasteiger partial charge in [-0.3, -0.25) is 0 Å². The van der Waals surface area contributed by atoms with Gasteiger partial charge in [0.25, 0.3) is 0 Å². The Bertz CT molecular complexity index is 337. The first-order chi connectivity index (χ1) is 8.58. The standard InChI is InChI=1S/C15H25NO2/c1-5-14(16)15(18-12(3)10-17-4)13-8-6-11(2)7-9-13/h6-9,12,14-15H,5,10,16H2,1-4H3. The number of methoxy groups -OCH3 is 1. The summed E-state index contributed by atoms with van der Waals surface area (Å²) in [6.45, 7) is 6.75. The molecule has 0 aliphatic carbocycles. The van der Waals surface area contributed by atoms with Crippen LogP contribution in [0, 0.1) is 6.92 Å². The molecule has 0 aliphatic heterocycles. The number of nitrogens with two attached hydrogens (primary N) is 1. The summed E-state index contributed by atoms with van der Waals surface area (Å²) in [6, 6.07) is 8.38. The largest absolute Gasteiger partial charge is 0.382 e. The maximum atomic E-state index is 6.17. The van der Waals surface area contributed by atoms with Gasteiger partial charge in [-0.05, 0) is 25.8 Å². The van der Waals surface area contributed by atoms with Gasteiger partial charge in [-0.15, -0.1) is 0 Å². The van der Waals surface area contributed by atoms with Crippen LogP contribution in [0.3, 0.4) is 0 Å². The third kappa shape index (κ3) is 4.41. The Morgan fingerprint density at radius 1 is 1.22 bits per heavy atom. The van der Waals surface area contributed by atoms with Crippen molar-refractivity contribution in [3.8, 4) is 0 Å². The fraction of sp³-hybridized carbons (Fsp3) is 0.600.